The number of nitrogens with two attached hydrogens (primary N) is 1. The summed E-state index contributed by atoms with van der Waals surface area (Å²) in [6.45, 7) is 2.80. The first-order valence-corrected chi connectivity index (χ1v) is 6.55. The molecule has 2 heterocycles. The van der Waals surface area contributed by atoms with E-state index in [1.165, 1.54) is 11.3 Å². The highest BCUT2D eigenvalue weighted by Crippen LogP contribution is 2.16. The number of nitrogens with zero attached hydrogens (tertiary/aromatic N) is 1. The average molecular weight is 261 g/mol. The van der Waals surface area contributed by atoms with Crippen molar-refractivity contribution in [3.63, 3.8) is 0 Å². The van der Waals surface area contributed by atoms with Crippen molar-refractivity contribution in [2.24, 2.45) is 5.73 Å². The van der Waals surface area contributed by atoms with Gasteiger partial charge in [-0.05, 0) is 24.6 Å². The Bertz CT molecular complexity index is 524. The first kappa shape index (κ1) is 12.7. The minimum absolute atomic E-state index is 0.220. The van der Waals surface area contributed by atoms with Crippen LogP contribution in [0.4, 0.5) is 0 Å². The van der Waals surface area contributed by atoms with Gasteiger partial charge in [-0.2, -0.15) is 0 Å². The highest BCUT2D eigenvalue weighted by molar-refractivity contribution is 7.10. The van der Waals surface area contributed by atoms with Gasteiger partial charge in [-0.25, -0.2) is 0 Å². The fourth-order valence-corrected chi connectivity index (χ4v) is 2.43. The van der Waals surface area contributed by atoms with E-state index in [2.05, 4.69) is 17.2 Å². The Morgan fingerprint density at radius 1 is 1.61 bits per heavy atom. The second-order valence-electron chi connectivity index (χ2n) is 4.05. The van der Waals surface area contributed by atoms with Gasteiger partial charge in [0.05, 0.1) is 5.56 Å². The number of hydrogen-bond donors (Lipinski definition) is 2. The molecule has 0 aliphatic rings. The number of amides is 1. The maximum Gasteiger partial charge on any atom is 0.249 e. The smallest absolute Gasteiger partial charge is 0.249 e. The highest BCUT2D eigenvalue weighted by atomic mass is 32.1. The second kappa shape index (κ2) is 5.75. The predicted molar refractivity (Wildman–Crippen MR) is 72.3 cm³/mol. The second-order valence-corrected chi connectivity index (χ2v) is 5.05. The lowest BCUT2D eigenvalue weighted by Crippen LogP contribution is -2.17. The zero-order valence-electron chi connectivity index (χ0n) is 10.1. The fraction of sp³-hybridized carbons (Fsp3) is 0.231. The molecule has 5 heteroatoms. The zero-order chi connectivity index (χ0) is 13.0. The molecule has 1 amide bonds. The molecule has 94 valence electrons. The van der Waals surface area contributed by atoms with Gasteiger partial charge < -0.3 is 11.1 Å². The van der Waals surface area contributed by atoms with Crippen molar-refractivity contribution in [2.45, 2.75) is 19.5 Å². The van der Waals surface area contributed by atoms with Crippen molar-refractivity contribution < 1.29 is 4.79 Å². The quantitative estimate of drug-likeness (QED) is 0.866. The van der Waals surface area contributed by atoms with E-state index in [9.17, 15) is 4.79 Å². The highest BCUT2D eigenvalue weighted by Gasteiger charge is 2.07. The van der Waals surface area contributed by atoms with Crippen molar-refractivity contribution in [1.82, 2.24) is 10.3 Å². The number of primary amides is 1. The Labute approximate surface area is 110 Å². The molecule has 0 saturated carbocycles. The predicted octanol–water partition coefficient (Wildman–Crippen LogP) is 2.09. The van der Waals surface area contributed by atoms with Crippen molar-refractivity contribution in [3.05, 3.63) is 52.0 Å². The number of aromatic nitrogens is 1. The van der Waals surface area contributed by atoms with E-state index in [1.807, 2.05) is 24.4 Å². The van der Waals surface area contributed by atoms with E-state index >= 15 is 0 Å². The van der Waals surface area contributed by atoms with Gasteiger partial charge in [0.15, 0.2) is 0 Å². The summed E-state index contributed by atoms with van der Waals surface area (Å²) in [5.41, 5.74) is 6.93. The lowest BCUT2D eigenvalue weighted by Gasteiger charge is -2.12. The molecule has 2 rings (SSSR count). The summed E-state index contributed by atoms with van der Waals surface area (Å²) in [7, 11) is 0. The van der Waals surface area contributed by atoms with Crippen LogP contribution in [0, 0.1) is 0 Å². The minimum atomic E-state index is -0.377. The molecule has 3 N–H and O–H groups in total. The zero-order valence-corrected chi connectivity index (χ0v) is 10.9. The van der Waals surface area contributed by atoms with E-state index in [-0.39, 0.29) is 11.9 Å². The van der Waals surface area contributed by atoms with Gasteiger partial charge in [0.1, 0.15) is 0 Å². The van der Waals surface area contributed by atoms with Crippen LogP contribution in [0.5, 0.6) is 0 Å². The fourth-order valence-electron chi connectivity index (χ4n) is 1.61. The van der Waals surface area contributed by atoms with Crippen LogP contribution in [-0.2, 0) is 6.54 Å². The Morgan fingerprint density at radius 2 is 2.44 bits per heavy atom. The molecule has 2 aromatic heterocycles. The van der Waals surface area contributed by atoms with E-state index in [0.29, 0.717) is 12.1 Å². The summed E-state index contributed by atoms with van der Waals surface area (Å²) in [6, 6.07) is 6.01. The molecule has 0 bridgehead atoms. The Balaban J connectivity index is 1.93. The largest absolute Gasteiger partial charge is 0.366 e. The van der Waals surface area contributed by atoms with Crippen LogP contribution < -0.4 is 11.1 Å². The summed E-state index contributed by atoms with van der Waals surface area (Å²) in [5, 5.41) is 5.17. The van der Waals surface area contributed by atoms with Gasteiger partial charge in [0.2, 0.25) is 5.91 Å². The van der Waals surface area contributed by atoms with Crippen LogP contribution in [-0.4, -0.2) is 10.9 Å². The molecule has 0 aliphatic heterocycles. The van der Waals surface area contributed by atoms with Crippen molar-refractivity contribution in [3.8, 4) is 0 Å². The monoisotopic (exact) mass is 261 g/mol. The summed E-state index contributed by atoms with van der Waals surface area (Å²) in [6.07, 6.45) is 3.61. The van der Waals surface area contributed by atoms with Gasteiger partial charge in [0, 0.05) is 35.2 Å². The maximum atomic E-state index is 11.0. The molecule has 0 aromatic carbocycles. The summed E-state index contributed by atoms with van der Waals surface area (Å²) >= 11 is 1.54. The SMILES string of the molecule is CC(NCc1cc(C(N)=O)cs1)c1cccnc1. The molecule has 0 spiro atoms. The Morgan fingerprint density at radius 3 is 3.06 bits per heavy atom. The number of nitrogens with one attached hydrogen (secondary N) is 1. The number of carbonyl (C=O) groups is 1. The molecule has 1 atom stereocenters. The number of carbonyl (C=O) groups excluding carboxylic acids is 1. The number of thiophene rings is 1. The summed E-state index contributed by atoms with van der Waals surface area (Å²) < 4.78 is 0. The van der Waals surface area contributed by atoms with E-state index in [1.54, 1.807) is 11.6 Å². The van der Waals surface area contributed by atoms with Gasteiger partial charge in [-0.3, -0.25) is 9.78 Å². The number of rotatable bonds is 5. The molecule has 0 radical (unpaired) electrons. The van der Waals surface area contributed by atoms with Gasteiger partial charge in [-0.1, -0.05) is 6.07 Å². The minimum Gasteiger partial charge on any atom is -0.366 e. The lowest BCUT2D eigenvalue weighted by molar-refractivity contribution is 0.100. The third kappa shape index (κ3) is 3.15. The average Bonchev–Trinajstić information content (AvgIpc) is 2.86. The molecular weight excluding hydrogens is 246 g/mol. The summed E-state index contributed by atoms with van der Waals surface area (Å²) in [5.74, 6) is -0.377. The van der Waals surface area contributed by atoms with Gasteiger partial charge in [0.25, 0.3) is 0 Å². The van der Waals surface area contributed by atoms with Crippen LogP contribution in [0.1, 0.15) is 33.8 Å². The molecule has 4 nitrogen and oxygen atoms in total. The van der Waals surface area contributed by atoms with Crippen molar-refractivity contribution in [1.29, 1.82) is 0 Å². The lowest BCUT2D eigenvalue weighted by atomic mass is 10.1. The molecular formula is C13H15N3OS. The number of hydrogen-bond acceptors (Lipinski definition) is 4. The Hall–Kier alpha value is -1.72. The molecule has 0 saturated heterocycles. The topological polar surface area (TPSA) is 68.0 Å². The molecule has 18 heavy (non-hydrogen) atoms. The van der Waals surface area contributed by atoms with Crippen molar-refractivity contribution >= 4 is 17.2 Å². The molecule has 0 fully saturated rings. The molecule has 1 unspecified atom stereocenters. The Kier molecular flexibility index (Phi) is 4.07. The first-order chi connectivity index (χ1) is 8.66. The van der Waals surface area contributed by atoms with E-state index in [0.717, 1.165) is 10.4 Å². The standard InChI is InChI=1S/C13H15N3OS/c1-9(10-3-2-4-15-6-10)16-7-12-5-11(8-18-12)13(14)17/h2-6,8-9,16H,7H2,1H3,(H2,14,17). The van der Waals surface area contributed by atoms with Gasteiger partial charge >= 0.3 is 0 Å². The third-order valence-electron chi connectivity index (χ3n) is 2.71. The summed E-state index contributed by atoms with van der Waals surface area (Å²) in [4.78, 5) is 16.2. The van der Waals surface area contributed by atoms with Crippen LogP contribution in [0.2, 0.25) is 0 Å². The van der Waals surface area contributed by atoms with Gasteiger partial charge in [-0.15, -0.1) is 11.3 Å². The van der Waals surface area contributed by atoms with Crippen LogP contribution in [0.25, 0.3) is 0 Å². The normalized spacial score (nSPS) is 12.3. The van der Waals surface area contributed by atoms with Crippen LogP contribution >= 0.6 is 11.3 Å². The first-order valence-electron chi connectivity index (χ1n) is 5.67. The van der Waals surface area contributed by atoms with E-state index < -0.39 is 0 Å². The van der Waals surface area contributed by atoms with Crippen LogP contribution in [0.15, 0.2) is 36.0 Å². The van der Waals surface area contributed by atoms with Crippen molar-refractivity contribution in [2.75, 3.05) is 0 Å². The molecule has 0 aliphatic carbocycles. The maximum absolute atomic E-state index is 11.0. The van der Waals surface area contributed by atoms with Crippen LogP contribution in [0.3, 0.4) is 0 Å². The molecule has 2 aromatic rings. The van der Waals surface area contributed by atoms with E-state index in [4.69, 9.17) is 5.73 Å². The number of pyridine rings is 1. The third-order valence-corrected chi connectivity index (χ3v) is 3.64.